The fourth-order valence-corrected chi connectivity index (χ4v) is 1.80. The van der Waals surface area contributed by atoms with Gasteiger partial charge in [0.25, 0.3) is 5.91 Å². The number of amides is 1. The fourth-order valence-electron chi connectivity index (χ4n) is 1.80. The van der Waals surface area contributed by atoms with Gasteiger partial charge < -0.3 is 14.9 Å². The van der Waals surface area contributed by atoms with E-state index in [2.05, 4.69) is 22.2 Å². The smallest absolute Gasteiger partial charge is 0.267 e. The van der Waals surface area contributed by atoms with Gasteiger partial charge in [-0.25, -0.2) is 4.98 Å². The number of carbonyl (C=O) groups excluding carboxylic acids is 1. The third-order valence-corrected chi connectivity index (χ3v) is 2.93. The van der Waals surface area contributed by atoms with E-state index < -0.39 is 0 Å². The topological polar surface area (TPSA) is 62.7 Å². The number of hydrogen-bond donors (Lipinski definition) is 2. The Morgan fingerprint density at radius 3 is 2.94 bits per heavy atom. The maximum Gasteiger partial charge on any atom is 0.267 e. The molecule has 2 N–H and O–H groups in total. The van der Waals surface area contributed by atoms with E-state index in [1.807, 2.05) is 29.9 Å². The Balaban J connectivity index is 1.83. The first-order valence-corrected chi connectivity index (χ1v) is 6.13. The highest BCUT2D eigenvalue weighted by Gasteiger charge is 2.07. The van der Waals surface area contributed by atoms with Crippen molar-refractivity contribution in [1.29, 1.82) is 0 Å². The molecule has 2 aromatic heterocycles. The van der Waals surface area contributed by atoms with Crippen LogP contribution < -0.4 is 5.32 Å². The number of imidazole rings is 1. The van der Waals surface area contributed by atoms with E-state index >= 15 is 0 Å². The normalized spacial score (nSPS) is 10.6. The number of H-pyrrole nitrogens is 1. The first-order chi connectivity index (χ1) is 8.70. The van der Waals surface area contributed by atoms with E-state index in [9.17, 15) is 4.79 Å². The maximum absolute atomic E-state index is 11.8. The predicted molar refractivity (Wildman–Crippen MR) is 69.4 cm³/mol. The summed E-state index contributed by atoms with van der Waals surface area (Å²) in [6, 6.07) is 3.75. The van der Waals surface area contributed by atoms with Crippen LogP contribution in [0, 0.1) is 0 Å². The average molecular weight is 246 g/mol. The van der Waals surface area contributed by atoms with Crippen LogP contribution >= 0.6 is 0 Å². The van der Waals surface area contributed by atoms with Gasteiger partial charge in [-0.15, -0.1) is 0 Å². The molecular weight excluding hydrogens is 228 g/mol. The molecule has 5 heteroatoms. The number of aromatic amines is 1. The summed E-state index contributed by atoms with van der Waals surface area (Å²) in [6.45, 7) is 2.64. The molecule has 0 aliphatic heterocycles. The van der Waals surface area contributed by atoms with Crippen molar-refractivity contribution < 1.29 is 4.79 Å². The van der Waals surface area contributed by atoms with Crippen LogP contribution in [0.2, 0.25) is 0 Å². The van der Waals surface area contributed by atoms with Gasteiger partial charge in [0.2, 0.25) is 0 Å². The van der Waals surface area contributed by atoms with Crippen LogP contribution in [-0.2, 0) is 19.9 Å². The van der Waals surface area contributed by atoms with Gasteiger partial charge in [0.1, 0.15) is 11.5 Å². The lowest BCUT2D eigenvalue weighted by Crippen LogP contribution is -2.26. The lowest BCUT2D eigenvalue weighted by atomic mass is 10.3. The zero-order valence-electron chi connectivity index (χ0n) is 10.7. The molecule has 2 heterocycles. The van der Waals surface area contributed by atoms with E-state index in [-0.39, 0.29) is 5.91 Å². The van der Waals surface area contributed by atoms with Gasteiger partial charge in [-0.3, -0.25) is 4.79 Å². The van der Waals surface area contributed by atoms with Crippen LogP contribution in [0.5, 0.6) is 0 Å². The second kappa shape index (κ2) is 5.53. The molecule has 1 amide bonds. The quantitative estimate of drug-likeness (QED) is 0.835. The van der Waals surface area contributed by atoms with Gasteiger partial charge in [-0.2, -0.15) is 0 Å². The highest BCUT2D eigenvalue weighted by molar-refractivity contribution is 5.92. The molecule has 0 radical (unpaired) electrons. The Morgan fingerprint density at radius 1 is 1.50 bits per heavy atom. The van der Waals surface area contributed by atoms with E-state index in [0.717, 1.165) is 24.4 Å². The van der Waals surface area contributed by atoms with Crippen molar-refractivity contribution >= 4 is 5.91 Å². The van der Waals surface area contributed by atoms with E-state index in [1.165, 1.54) is 0 Å². The summed E-state index contributed by atoms with van der Waals surface area (Å²) in [4.78, 5) is 19.1. The zero-order valence-corrected chi connectivity index (χ0v) is 10.7. The summed E-state index contributed by atoms with van der Waals surface area (Å²) in [5, 5.41) is 2.88. The molecule has 96 valence electrons. The van der Waals surface area contributed by atoms with Crippen molar-refractivity contribution in [3.63, 3.8) is 0 Å². The molecule has 0 atom stereocenters. The lowest BCUT2D eigenvalue weighted by Gasteiger charge is -2.04. The minimum atomic E-state index is -0.0658. The van der Waals surface area contributed by atoms with E-state index in [0.29, 0.717) is 12.2 Å². The van der Waals surface area contributed by atoms with Gasteiger partial charge in [-0.05, 0) is 18.6 Å². The molecule has 18 heavy (non-hydrogen) atoms. The maximum atomic E-state index is 11.8. The number of carbonyl (C=O) groups is 1. The van der Waals surface area contributed by atoms with Crippen molar-refractivity contribution in [2.75, 3.05) is 6.54 Å². The predicted octanol–water partition coefficient (Wildman–Crippen LogP) is 1.28. The van der Waals surface area contributed by atoms with Gasteiger partial charge in [0.05, 0.1) is 0 Å². The highest BCUT2D eigenvalue weighted by atomic mass is 16.1. The Morgan fingerprint density at radius 2 is 2.33 bits per heavy atom. The molecule has 0 bridgehead atoms. The summed E-state index contributed by atoms with van der Waals surface area (Å²) in [5.74, 6) is 0.903. The number of aryl methyl sites for hydroxylation is 2. The van der Waals surface area contributed by atoms with Crippen LogP contribution in [0.4, 0.5) is 0 Å². The van der Waals surface area contributed by atoms with Crippen LogP contribution in [0.1, 0.15) is 28.9 Å². The van der Waals surface area contributed by atoms with Crippen molar-refractivity contribution in [2.24, 2.45) is 7.05 Å². The molecule has 2 aromatic rings. The second-order valence-corrected chi connectivity index (χ2v) is 4.21. The standard InChI is InChI=1S/C13H18N4O/c1-3-10-4-5-11(16-10)13(18)15-7-6-12-14-8-9-17(12)2/h4-5,8-9,16H,3,6-7H2,1-2H3,(H,15,18). The largest absolute Gasteiger partial charge is 0.354 e. The molecule has 2 rings (SSSR count). The number of hydrogen-bond acceptors (Lipinski definition) is 2. The highest BCUT2D eigenvalue weighted by Crippen LogP contribution is 2.02. The molecule has 0 aliphatic rings. The van der Waals surface area contributed by atoms with Crippen molar-refractivity contribution in [3.8, 4) is 0 Å². The van der Waals surface area contributed by atoms with Gasteiger partial charge in [0.15, 0.2) is 0 Å². The summed E-state index contributed by atoms with van der Waals surface area (Å²) < 4.78 is 1.95. The summed E-state index contributed by atoms with van der Waals surface area (Å²) in [6.07, 6.45) is 5.29. The number of nitrogens with one attached hydrogen (secondary N) is 2. The first-order valence-electron chi connectivity index (χ1n) is 6.13. The molecule has 0 aliphatic carbocycles. The minimum Gasteiger partial charge on any atom is -0.354 e. The first kappa shape index (κ1) is 12.4. The summed E-state index contributed by atoms with van der Waals surface area (Å²) in [7, 11) is 1.95. The Kier molecular flexibility index (Phi) is 3.82. The van der Waals surface area contributed by atoms with Crippen LogP contribution in [-0.4, -0.2) is 27.0 Å². The van der Waals surface area contributed by atoms with Crippen molar-refractivity contribution in [3.05, 3.63) is 41.7 Å². The Hall–Kier alpha value is -2.04. The van der Waals surface area contributed by atoms with Crippen LogP contribution in [0.3, 0.4) is 0 Å². The molecule has 5 nitrogen and oxygen atoms in total. The van der Waals surface area contributed by atoms with Crippen LogP contribution in [0.15, 0.2) is 24.5 Å². The molecule has 0 fully saturated rings. The molecule has 0 unspecified atom stereocenters. The zero-order chi connectivity index (χ0) is 13.0. The van der Waals surface area contributed by atoms with E-state index in [1.54, 1.807) is 6.20 Å². The number of aromatic nitrogens is 3. The second-order valence-electron chi connectivity index (χ2n) is 4.21. The fraction of sp³-hybridized carbons (Fsp3) is 0.385. The summed E-state index contributed by atoms with van der Waals surface area (Å²) >= 11 is 0. The molecule has 0 saturated carbocycles. The van der Waals surface area contributed by atoms with Gasteiger partial charge in [-0.1, -0.05) is 6.92 Å². The minimum absolute atomic E-state index is 0.0658. The Bertz CT molecular complexity index is 527. The van der Waals surface area contributed by atoms with Gasteiger partial charge >= 0.3 is 0 Å². The van der Waals surface area contributed by atoms with Crippen molar-refractivity contribution in [2.45, 2.75) is 19.8 Å². The number of nitrogens with zero attached hydrogens (tertiary/aromatic N) is 2. The lowest BCUT2D eigenvalue weighted by molar-refractivity contribution is 0.0949. The average Bonchev–Trinajstić information content (AvgIpc) is 2.98. The molecule has 0 spiro atoms. The SMILES string of the molecule is CCc1ccc(C(=O)NCCc2nccn2C)[nH]1. The monoisotopic (exact) mass is 246 g/mol. The van der Waals surface area contributed by atoms with Crippen molar-refractivity contribution in [1.82, 2.24) is 19.9 Å². The third kappa shape index (κ3) is 2.80. The Labute approximate surface area is 106 Å². The molecular formula is C13H18N4O. The third-order valence-electron chi connectivity index (χ3n) is 2.93. The number of rotatable bonds is 5. The summed E-state index contributed by atoms with van der Waals surface area (Å²) in [5.41, 5.74) is 1.69. The van der Waals surface area contributed by atoms with Gasteiger partial charge in [0, 0.05) is 38.1 Å². The van der Waals surface area contributed by atoms with Crippen LogP contribution in [0.25, 0.3) is 0 Å². The molecule has 0 saturated heterocycles. The molecule has 0 aromatic carbocycles. The van der Waals surface area contributed by atoms with E-state index in [4.69, 9.17) is 0 Å².